The maximum Gasteiger partial charge on any atom is 0.416 e. The SMILES string of the molecule is O=C(/C=C1\CCCOc2cc(C(F)(F)F)ccc21)Nc1ccc2c(c1)NC(=O)C(CCO)O2. The van der Waals surface area contributed by atoms with Crippen LogP contribution >= 0.6 is 0 Å². The molecule has 2 aromatic carbocycles. The number of benzene rings is 2. The molecule has 4 rings (SSSR count). The van der Waals surface area contributed by atoms with Gasteiger partial charge in [-0.25, -0.2) is 0 Å². The number of carbonyl (C=O) groups is 2. The average Bonchev–Trinajstić information content (AvgIpc) is 2.95. The molecule has 33 heavy (non-hydrogen) atoms. The lowest BCUT2D eigenvalue weighted by atomic mass is 9.99. The minimum atomic E-state index is -4.49. The molecule has 2 aromatic rings. The quantitative estimate of drug-likeness (QED) is 0.598. The third kappa shape index (κ3) is 5.11. The summed E-state index contributed by atoms with van der Waals surface area (Å²) in [4.78, 5) is 24.7. The first-order valence-corrected chi connectivity index (χ1v) is 10.3. The Morgan fingerprint density at radius 3 is 2.79 bits per heavy atom. The fourth-order valence-electron chi connectivity index (χ4n) is 3.68. The number of nitrogens with one attached hydrogen (secondary N) is 2. The van der Waals surface area contributed by atoms with Crippen molar-refractivity contribution < 1.29 is 37.3 Å². The summed E-state index contributed by atoms with van der Waals surface area (Å²) < 4.78 is 50.1. The lowest BCUT2D eigenvalue weighted by molar-refractivity contribution is -0.137. The number of aliphatic hydroxyl groups excluding tert-OH is 1. The van der Waals surface area contributed by atoms with Gasteiger partial charge in [-0.15, -0.1) is 0 Å². The molecule has 2 heterocycles. The molecule has 2 aliphatic heterocycles. The number of aliphatic hydroxyl groups is 1. The molecule has 10 heteroatoms. The van der Waals surface area contributed by atoms with Crippen molar-refractivity contribution in [2.45, 2.75) is 31.5 Å². The Bertz CT molecular complexity index is 1110. The molecule has 0 saturated carbocycles. The van der Waals surface area contributed by atoms with E-state index in [4.69, 9.17) is 14.6 Å². The second-order valence-electron chi connectivity index (χ2n) is 7.64. The Hall–Kier alpha value is -3.53. The third-order valence-corrected chi connectivity index (χ3v) is 5.27. The molecule has 0 saturated heterocycles. The monoisotopic (exact) mass is 462 g/mol. The number of amides is 2. The molecule has 0 spiro atoms. The maximum atomic E-state index is 13.0. The Labute approximate surface area is 187 Å². The van der Waals surface area contributed by atoms with Crippen molar-refractivity contribution in [2.75, 3.05) is 23.8 Å². The summed E-state index contributed by atoms with van der Waals surface area (Å²) in [7, 11) is 0. The van der Waals surface area contributed by atoms with Crippen molar-refractivity contribution in [3.8, 4) is 11.5 Å². The highest BCUT2D eigenvalue weighted by Gasteiger charge is 2.32. The van der Waals surface area contributed by atoms with Crippen LogP contribution in [0.5, 0.6) is 11.5 Å². The normalized spacial score (nSPS) is 18.8. The molecule has 0 bridgehead atoms. The highest BCUT2D eigenvalue weighted by atomic mass is 19.4. The van der Waals surface area contributed by atoms with Crippen LogP contribution in [0.25, 0.3) is 5.57 Å². The summed E-state index contributed by atoms with van der Waals surface area (Å²) in [5.41, 5.74) is 0.975. The summed E-state index contributed by atoms with van der Waals surface area (Å²) in [6.07, 6.45) is -2.77. The Morgan fingerprint density at radius 1 is 1.21 bits per heavy atom. The zero-order valence-electron chi connectivity index (χ0n) is 17.4. The number of hydrogen-bond acceptors (Lipinski definition) is 5. The van der Waals surface area contributed by atoms with Gasteiger partial charge in [0, 0.05) is 30.4 Å². The summed E-state index contributed by atoms with van der Waals surface area (Å²) in [6.45, 7) is 0.0526. The van der Waals surface area contributed by atoms with Crippen molar-refractivity contribution >= 4 is 28.8 Å². The number of alkyl halides is 3. The zero-order valence-corrected chi connectivity index (χ0v) is 17.4. The lowest BCUT2D eigenvalue weighted by Crippen LogP contribution is -2.37. The van der Waals surface area contributed by atoms with Crippen LogP contribution in [-0.2, 0) is 15.8 Å². The topological polar surface area (TPSA) is 96.9 Å². The fraction of sp³-hybridized carbons (Fsp3) is 0.304. The van der Waals surface area contributed by atoms with Gasteiger partial charge in [0.05, 0.1) is 17.9 Å². The molecule has 7 nitrogen and oxygen atoms in total. The minimum absolute atomic E-state index is 0.0902. The van der Waals surface area contributed by atoms with E-state index in [9.17, 15) is 22.8 Å². The standard InChI is InChI=1S/C23H21F3N2O5/c24-23(25,26)14-3-5-16-13(2-1-9-32-20(16)11-14)10-21(30)27-15-4-6-18-17(12-15)28-22(31)19(33-18)7-8-29/h3-6,10-12,19,29H,1-2,7-9H2,(H,27,30)(H,28,31)/b13-10+. The van der Waals surface area contributed by atoms with E-state index in [-0.39, 0.29) is 25.4 Å². The largest absolute Gasteiger partial charge is 0.493 e. The van der Waals surface area contributed by atoms with E-state index in [2.05, 4.69) is 10.6 Å². The van der Waals surface area contributed by atoms with Crippen molar-refractivity contribution in [1.82, 2.24) is 0 Å². The van der Waals surface area contributed by atoms with Crippen LogP contribution in [0.15, 0.2) is 42.5 Å². The average molecular weight is 462 g/mol. The number of ether oxygens (including phenoxy) is 2. The molecule has 2 amide bonds. The third-order valence-electron chi connectivity index (χ3n) is 5.27. The zero-order chi connectivity index (χ0) is 23.6. The molecule has 0 aliphatic carbocycles. The number of hydrogen-bond donors (Lipinski definition) is 3. The molecule has 0 radical (unpaired) electrons. The van der Waals surface area contributed by atoms with E-state index in [1.54, 1.807) is 18.2 Å². The molecular weight excluding hydrogens is 441 g/mol. The van der Waals surface area contributed by atoms with Gasteiger partial charge < -0.3 is 25.2 Å². The second-order valence-corrected chi connectivity index (χ2v) is 7.64. The van der Waals surface area contributed by atoms with Crippen LogP contribution in [0.1, 0.15) is 30.4 Å². The Balaban J connectivity index is 1.53. The fourth-order valence-corrected chi connectivity index (χ4v) is 3.68. The van der Waals surface area contributed by atoms with Crippen molar-refractivity contribution in [3.05, 3.63) is 53.6 Å². The van der Waals surface area contributed by atoms with E-state index in [1.807, 2.05) is 0 Å². The first-order valence-electron chi connectivity index (χ1n) is 10.3. The first kappa shape index (κ1) is 22.7. The van der Waals surface area contributed by atoms with Gasteiger partial charge in [-0.2, -0.15) is 13.2 Å². The van der Waals surface area contributed by atoms with Gasteiger partial charge in [0.25, 0.3) is 5.91 Å². The van der Waals surface area contributed by atoms with Gasteiger partial charge in [0.15, 0.2) is 6.10 Å². The maximum absolute atomic E-state index is 13.0. The molecule has 2 aliphatic rings. The molecule has 0 fully saturated rings. The van der Waals surface area contributed by atoms with Crippen molar-refractivity contribution in [3.63, 3.8) is 0 Å². The number of allylic oxidation sites excluding steroid dienone is 1. The van der Waals surface area contributed by atoms with E-state index < -0.39 is 29.7 Å². The number of fused-ring (bicyclic) bond motifs is 2. The second kappa shape index (κ2) is 9.14. The van der Waals surface area contributed by atoms with Crippen LogP contribution in [0, 0.1) is 0 Å². The van der Waals surface area contributed by atoms with Crippen LogP contribution in [0.2, 0.25) is 0 Å². The highest BCUT2D eigenvalue weighted by Crippen LogP contribution is 2.38. The van der Waals surface area contributed by atoms with E-state index in [1.165, 1.54) is 12.1 Å². The number of halogens is 3. The molecule has 174 valence electrons. The van der Waals surface area contributed by atoms with E-state index in [0.29, 0.717) is 41.1 Å². The van der Waals surface area contributed by atoms with Gasteiger partial charge >= 0.3 is 6.18 Å². The molecule has 3 N–H and O–H groups in total. The summed E-state index contributed by atoms with van der Waals surface area (Å²) in [6, 6.07) is 7.96. The highest BCUT2D eigenvalue weighted by molar-refractivity contribution is 6.05. The van der Waals surface area contributed by atoms with Crippen molar-refractivity contribution in [2.24, 2.45) is 0 Å². The van der Waals surface area contributed by atoms with Crippen molar-refractivity contribution in [1.29, 1.82) is 0 Å². The van der Waals surface area contributed by atoms with Gasteiger partial charge in [0.1, 0.15) is 11.5 Å². The first-order chi connectivity index (χ1) is 15.7. The minimum Gasteiger partial charge on any atom is -0.493 e. The van der Waals surface area contributed by atoms with Gasteiger partial charge in [0.2, 0.25) is 5.91 Å². The molecule has 1 atom stereocenters. The van der Waals surface area contributed by atoms with E-state index >= 15 is 0 Å². The molecular formula is C23H21F3N2O5. The molecule has 0 aromatic heterocycles. The Kier molecular flexibility index (Phi) is 6.28. The summed E-state index contributed by atoms with van der Waals surface area (Å²) in [5.74, 6) is -0.360. The predicted molar refractivity (Wildman–Crippen MR) is 114 cm³/mol. The van der Waals surface area contributed by atoms with Crippen LogP contribution < -0.4 is 20.1 Å². The summed E-state index contributed by atoms with van der Waals surface area (Å²) >= 11 is 0. The van der Waals surface area contributed by atoms with E-state index in [0.717, 1.165) is 12.1 Å². The van der Waals surface area contributed by atoms with Gasteiger partial charge in [-0.1, -0.05) is 6.07 Å². The number of rotatable bonds is 4. The van der Waals surface area contributed by atoms with Crippen LogP contribution in [0.4, 0.5) is 24.5 Å². The number of anilines is 2. The van der Waals surface area contributed by atoms with Gasteiger partial charge in [-0.05, 0) is 48.7 Å². The molecule has 1 unspecified atom stereocenters. The number of carbonyl (C=O) groups excluding carboxylic acids is 2. The van der Waals surface area contributed by atoms with Gasteiger partial charge in [-0.3, -0.25) is 9.59 Å². The predicted octanol–water partition coefficient (Wildman–Crippen LogP) is 3.98. The summed E-state index contributed by atoms with van der Waals surface area (Å²) in [5, 5.41) is 14.4. The Morgan fingerprint density at radius 2 is 2.03 bits per heavy atom. The smallest absolute Gasteiger partial charge is 0.416 e. The lowest BCUT2D eigenvalue weighted by Gasteiger charge is -2.25. The van der Waals surface area contributed by atoms with Crippen LogP contribution in [-0.4, -0.2) is 36.2 Å². The van der Waals surface area contributed by atoms with Crippen LogP contribution in [0.3, 0.4) is 0 Å².